The summed E-state index contributed by atoms with van der Waals surface area (Å²) >= 11 is 5.98. The van der Waals surface area contributed by atoms with Crippen molar-refractivity contribution in [1.29, 1.82) is 0 Å². The highest BCUT2D eigenvalue weighted by molar-refractivity contribution is 6.35. The summed E-state index contributed by atoms with van der Waals surface area (Å²) in [4.78, 5) is 29.2. The van der Waals surface area contributed by atoms with Crippen LogP contribution in [0.25, 0.3) is 10.9 Å². The molecule has 5 nitrogen and oxygen atoms in total. The summed E-state index contributed by atoms with van der Waals surface area (Å²) < 4.78 is 19.1. The van der Waals surface area contributed by atoms with Gasteiger partial charge in [-0.25, -0.2) is 4.39 Å². The first kappa shape index (κ1) is 16.5. The molecule has 1 N–H and O–H groups in total. The van der Waals surface area contributed by atoms with Crippen LogP contribution in [-0.4, -0.2) is 41.0 Å². The third kappa shape index (κ3) is 2.93. The average Bonchev–Trinajstić information content (AvgIpc) is 3.29. The van der Waals surface area contributed by atoms with Crippen LogP contribution in [0.4, 0.5) is 4.39 Å². The zero-order valence-electron chi connectivity index (χ0n) is 13.6. The molecule has 1 aromatic carbocycles. The van der Waals surface area contributed by atoms with E-state index in [2.05, 4.69) is 4.98 Å². The molecule has 1 unspecified atom stereocenters. The number of amides is 2. The van der Waals surface area contributed by atoms with Crippen LogP contribution in [-0.2, 0) is 20.7 Å². The normalized spacial score (nSPS) is 24.0. The van der Waals surface area contributed by atoms with Crippen LogP contribution in [0.2, 0.25) is 5.02 Å². The van der Waals surface area contributed by atoms with E-state index in [1.165, 1.54) is 11.0 Å². The van der Waals surface area contributed by atoms with Crippen LogP contribution < -0.4 is 0 Å². The zero-order valence-corrected chi connectivity index (χ0v) is 14.3. The zero-order chi connectivity index (χ0) is 17.6. The standard InChI is InChI=1S/C18H18ClFN2O3/c19-16-14(20)4-3-13-11(8-21-17(13)16)6-10-7-15(23)22(18(10)24)9-12-2-1-5-25-12/h3-4,8,10,12,21H,1-2,5-7,9H2/t10-,12?/m0/s1. The number of nitrogens with zero attached hydrogens (tertiary/aromatic N) is 1. The number of fused-ring (bicyclic) bond motifs is 1. The minimum atomic E-state index is -0.488. The van der Waals surface area contributed by atoms with Gasteiger partial charge in [0, 0.05) is 24.6 Å². The van der Waals surface area contributed by atoms with E-state index in [9.17, 15) is 14.0 Å². The van der Waals surface area contributed by atoms with Gasteiger partial charge in [0.2, 0.25) is 11.8 Å². The Bertz CT molecular complexity index is 844. The number of rotatable bonds is 4. The molecule has 2 aliphatic rings. The van der Waals surface area contributed by atoms with Gasteiger partial charge < -0.3 is 9.72 Å². The van der Waals surface area contributed by atoms with E-state index in [0.717, 1.165) is 23.8 Å². The number of likely N-dealkylation sites (tertiary alicyclic amines) is 1. The fraction of sp³-hybridized carbons (Fsp3) is 0.444. The van der Waals surface area contributed by atoms with Gasteiger partial charge in [-0.05, 0) is 37.0 Å². The van der Waals surface area contributed by atoms with Crippen LogP contribution >= 0.6 is 11.6 Å². The number of imide groups is 1. The van der Waals surface area contributed by atoms with Gasteiger partial charge in [0.25, 0.3) is 0 Å². The van der Waals surface area contributed by atoms with Crippen LogP contribution in [0.5, 0.6) is 0 Å². The Morgan fingerprint density at radius 1 is 1.36 bits per heavy atom. The van der Waals surface area contributed by atoms with Crippen molar-refractivity contribution in [3.63, 3.8) is 0 Å². The Kier molecular flexibility index (Phi) is 4.25. The number of hydrogen-bond acceptors (Lipinski definition) is 3. The number of carbonyl (C=O) groups is 2. The fourth-order valence-electron chi connectivity index (χ4n) is 3.73. The van der Waals surface area contributed by atoms with Crippen molar-refractivity contribution in [1.82, 2.24) is 9.88 Å². The minimum Gasteiger partial charge on any atom is -0.376 e. The number of hydrogen-bond donors (Lipinski definition) is 1. The lowest BCUT2D eigenvalue weighted by Crippen LogP contribution is -2.37. The Morgan fingerprint density at radius 3 is 2.96 bits per heavy atom. The molecule has 0 spiro atoms. The number of benzene rings is 1. The lowest BCUT2D eigenvalue weighted by atomic mass is 9.97. The molecule has 7 heteroatoms. The SMILES string of the molecule is O=C1C[C@H](Cc2c[nH]c3c(Cl)c(F)ccc23)C(=O)N1CC1CCCO1. The molecule has 2 saturated heterocycles. The first-order valence-corrected chi connectivity index (χ1v) is 8.82. The predicted octanol–water partition coefficient (Wildman–Crippen LogP) is 3.06. The molecule has 0 radical (unpaired) electrons. The van der Waals surface area contributed by atoms with Crippen molar-refractivity contribution >= 4 is 34.3 Å². The quantitative estimate of drug-likeness (QED) is 0.848. The smallest absolute Gasteiger partial charge is 0.233 e. The van der Waals surface area contributed by atoms with E-state index in [-0.39, 0.29) is 29.4 Å². The largest absolute Gasteiger partial charge is 0.376 e. The molecule has 0 aliphatic carbocycles. The van der Waals surface area contributed by atoms with Crippen LogP contribution in [0.3, 0.4) is 0 Å². The van der Waals surface area contributed by atoms with E-state index in [1.807, 2.05) is 0 Å². The van der Waals surface area contributed by atoms with Crippen molar-refractivity contribution in [2.24, 2.45) is 5.92 Å². The maximum Gasteiger partial charge on any atom is 0.233 e. The van der Waals surface area contributed by atoms with Gasteiger partial charge in [0.05, 0.1) is 24.1 Å². The number of halogens is 2. The summed E-state index contributed by atoms with van der Waals surface area (Å²) in [6, 6.07) is 2.96. The molecule has 2 aliphatic heterocycles. The second-order valence-corrected chi connectivity index (χ2v) is 7.06. The molecule has 0 bridgehead atoms. The number of nitrogens with one attached hydrogen (secondary N) is 1. The predicted molar refractivity (Wildman–Crippen MR) is 90.8 cm³/mol. The van der Waals surface area contributed by atoms with Crippen molar-refractivity contribution < 1.29 is 18.7 Å². The third-order valence-electron chi connectivity index (χ3n) is 5.05. The Balaban J connectivity index is 1.52. The molecule has 2 fully saturated rings. The summed E-state index contributed by atoms with van der Waals surface area (Å²) in [5.74, 6) is -1.17. The maximum atomic E-state index is 13.6. The second kappa shape index (κ2) is 6.42. The van der Waals surface area contributed by atoms with Crippen LogP contribution in [0, 0.1) is 11.7 Å². The van der Waals surface area contributed by atoms with Gasteiger partial charge >= 0.3 is 0 Å². The summed E-state index contributed by atoms with van der Waals surface area (Å²) in [6.07, 6.45) is 4.17. The Hall–Kier alpha value is -1.92. The monoisotopic (exact) mass is 364 g/mol. The lowest BCUT2D eigenvalue weighted by Gasteiger charge is -2.18. The molecule has 2 atom stereocenters. The maximum absolute atomic E-state index is 13.6. The van der Waals surface area contributed by atoms with Gasteiger partial charge in [-0.3, -0.25) is 14.5 Å². The molecular weight excluding hydrogens is 347 g/mol. The number of aromatic amines is 1. The second-order valence-electron chi connectivity index (χ2n) is 6.68. The fourth-order valence-corrected chi connectivity index (χ4v) is 3.94. The van der Waals surface area contributed by atoms with Crippen molar-refractivity contribution in [2.75, 3.05) is 13.2 Å². The Morgan fingerprint density at radius 2 is 2.20 bits per heavy atom. The summed E-state index contributed by atoms with van der Waals surface area (Å²) in [7, 11) is 0. The molecule has 2 aromatic rings. The molecule has 4 rings (SSSR count). The van der Waals surface area contributed by atoms with Crippen molar-refractivity contribution in [2.45, 2.75) is 31.8 Å². The van der Waals surface area contributed by atoms with Gasteiger partial charge in [-0.2, -0.15) is 0 Å². The lowest BCUT2D eigenvalue weighted by molar-refractivity contribution is -0.141. The highest BCUT2D eigenvalue weighted by Crippen LogP contribution is 2.32. The molecule has 132 valence electrons. The third-order valence-corrected chi connectivity index (χ3v) is 5.41. The highest BCUT2D eigenvalue weighted by atomic mass is 35.5. The number of aromatic nitrogens is 1. The molecule has 0 saturated carbocycles. The molecule has 25 heavy (non-hydrogen) atoms. The number of H-pyrrole nitrogens is 1. The summed E-state index contributed by atoms with van der Waals surface area (Å²) in [6.45, 7) is 1.04. The first-order chi connectivity index (χ1) is 12.0. The number of carbonyl (C=O) groups excluding carboxylic acids is 2. The van der Waals surface area contributed by atoms with Crippen molar-refractivity contribution in [3.8, 4) is 0 Å². The number of ether oxygens (including phenoxy) is 1. The van der Waals surface area contributed by atoms with Crippen molar-refractivity contribution in [3.05, 3.63) is 34.7 Å². The van der Waals surface area contributed by atoms with E-state index < -0.39 is 11.7 Å². The molecule has 3 heterocycles. The minimum absolute atomic E-state index is 0.0394. The average molecular weight is 365 g/mol. The molecule has 1 aromatic heterocycles. The summed E-state index contributed by atoms with van der Waals surface area (Å²) in [5, 5.41) is 0.821. The van der Waals surface area contributed by atoms with Gasteiger partial charge in [-0.1, -0.05) is 11.6 Å². The topological polar surface area (TPSA) is 62.4 Å². The van der Waals surface area contributed by atoms with E-state index >= 15 is 0 Å². The van der Waals surface area contributed by atoms with E-state index in [1.54, 1.807) is 12.3 Å². The van der Waals surface area contributed by atoms with Crippen LogP contribution in [0.1, 0.15) is 24.8 Å². The Labute approximate surface area is 149 Å². The highest BCUT2D eigenvalue weighted by Gasteiger charge is 2.40. The van der Waals surface area contributed by atoms with E-state index in [0.29, 0.717) is 25.1 Å². The van der Waals surface area contributed by atoms with Gasteiger partial charge in [0.15, 0.2) is 0 Å². The van der Waals surface area contributed by atoms with Crippen LogP contribution in [0.15, 0.2) is 18.3 Å². The van der Waals surface area contributed by atoms with Gasteiger partial charge in [-0.15, -0.1) is 0 Å². The molecular formula is C18H18ClFN2O3. The molecule has 2 amide bonds. The van der Waals surface area contributed by atoms with E-state index in [4.69, 9.17) is 16.3 Å². The summed E-state index contributed by atoms with van der Waals surface area (Å²) in [5.41, 5.74) is 1.38. The first-order valence-electron chi connectivity index (χ1n) is 8.44. The van der Waals surface area contributed by atoms with Gasteiger partial charge in [0.1, 0.15) is 10.8 Å².